The van der Waals surface area contributed by atoms with Crippen LogP contribution in [0.4, 0.5) is 4.79 Å². The van der Waals surface area contributed by atoms with Gasteiger partial charge < -0.3 is 24.2 Å². The van der Waals surface area contributed by atoms with Crippen molar-refractivity contribution in [1.82, 2.24) is 24.9 Å². The largest absolute Gasteiger partial charge is 0.488 e. The highest BCUT2D eigenvalue weighted by molar-refractivity contribution is 5.77. The minimum atomic E-state index is -1.26. The summed E-state index contributed by atoms with van der Waals surface area (Å²) in [5, 5.41) is 17.8. The third-order valence-corrected chi connectivity index (χ3v) is 6.85. The highest BCUT2D eigenvalue weighted by Gasteiger charge is 2.41. The number of hydrogen-bond acceptors (Lipinski definition) is 8. The van der Waals surface area contributed by atoms with E-state index in [1.165, 1.54) is 6.42 Å². The molecule has 1 saturated heterocycles. The zero-order valence-electron chi connectivity index (χ0n) is 20.7. The molecule has 11 heteroatoms. The van der Waals surface area contributed by atoms with Gasteiger partial charge in [0.05, 0.1) is 18.0 Å². The van der Waals surface area contributed by atoms with Crippen LogP contribution in [0.5, 0.6) is 5.75 Å². The minimum Gasteiger partial charge on any atom is -0.488 e. The minimum absolute atomic E-state index is 0.0293. The van der Waals surface area contributed by atoms with Gasteiger partial charge in [0.25, 0.3) is 0 Å². The average Bonchev–Trinajstić information content (AvgIpc) is 3.16. The molecule has 4 rings (SSSR count). The van der Waals surface area contributed by atoms with Crippen molar-refractivity contribution in [3.63, 3.8) is 0 Å². The van der Waals surface area contributed by atoms with E-state index in [-0.39, 0.29) is 25.2 Å². The standard InChI is InChI=1S/C24H33N5O6/c1-15-20(35-17-10-11-34-24(2,12-17)22(30)31)9-8-18(25-15)21-19(29(4)27-26-21)14-33-23(32)28(3)13-16-6-5-7-16/h8-9,16-17H,5-7,10-14H2,1-4H3,(H,30,31). The molecule has 190 valence electrons. The molecule has 0 aromatic carbocycles. The molecule has 0 bridgehead atoms. The number of nitrogens with zero attached hydrogens (tertiary/aromatic N) is 5. The molecule has 2 aliphatic rings. The maximum Gasteiger partial charge on any atom is 0.409 e. The number of rotatable bonds is 8. The lowest BCUT2D eigenvalue weighted by Crippen LogP contribution is -2.47. The first-order chi connectivity index (χ1) is 16.7. The number of pyridine rings is 1. The van der Waals surface area contributed by atoms with Gasteiger partial charge in [0, 0.05) is 33.5 Å². The van der Waals surface area contributed by atoms with E-state index in [0.717, 1.165) is 12.8 Å². The van der Waals surface area contributed by atoms with Crippen LogP contribution >= 0.6 is 0 Å². The topological polar surface area (TPSA) is 129 Å². The number of carboxylic acid groups (broad SMARTS) is 1. The van der Waals surface area contributed by atoms with E-state index >= 15 is 0 Å². The van der Waals surface area contributed by atoms with Crippen LogP contribution in [0.25, 0.3) is 11.4 Å². The first-order valence-electron chi connectivity index (χ1n) is 11.9. The van der Waals surface area contributed by atoms with Crippen LogP contribution in [0.1, 0.15) is 50.4 Å². The molecule has 1 saturated carbocycles. The van der Waals surface area contributed by atoms with Crippen LogP contribution in [-0.4, -0.2) is 74.0 Å². The van der Waals surface area contributed by atoms with E-state index < -0.39 is 11.6 Å². The molecule has 2 aromatic rings. The Kier molecular flexibility index (Phi) is 7.25. The molecule has 11 nitrogen and oxygen atoms in total. The summed E-state index contributed by atoms with van der Waals surface area (Å²) in [6, 6.07) is 3.57. The second-order valence-corrected chi connectivity index (χ2v) is 9.64. The Morgan fingerprint density at radius 3 is 2.74 bits per heavy atom. The number of aromatic nitrogens is 4. The summed E-state index contributed by atoms with van der Waals surface area (Å²) in [4.78, 5) is 30.2. The van der Waals surface area contributed by atoms with Crippen molar-refractivity contribution >= 4 is 12.1 Å². The zero-order valence-corrected chi connectivity index (χ0v) is 20.7. The predicted octanol–water partition coefficient (Wildman–Crippen LogP) is 2.96. The average molecular weight is 488 g/mol. The highest BCUT2D eigenvalue weighted by atomic mass is 16.6. The van der Waals surface area contributed by atoms with Gasteiger partial charge in [-0.1, -0.05) is 11.6 Å². The molecule has 3 heterocycles. The Balaban J connectivity index is 1.42. The van der Waals surface area contributed by atoms with Gasteiger partial charge in [0.2, 0.25) is 0 Å². The van der Waals surface area contributed by atoms with E-state index in [4.69, 9.17) is 14.2 Å². The third-order valence-electron chi connectivity index (χ3n) is 6.85. The molecular formula is C24H33N5O6. The molecule has 35 heavy (non-hydrogen) atoms. The van der Waals surface area contributed by atoms with Gasteiger partial charge in [-0.3, -0.25) is 0 Å². The second-order valence-electron chi connectivity index (χ2n) is 9.64. The van der Waals surface area contributed by atoms with Crippen LogP contribution < -0.4 is 4.74 Å². The maximum absolute atomic E-state index is 12.4. The molecular weight excluding hydrogens is 454 g/mol. The van der Waals surface area contributed by atoms with Crippen molar-refractivity contribution in [3.8, 4) is 17.1 Å². The molecule has 2 atom stereocenters. The molecule has 1 amide bonds. The van der Waals surface area contributed by atoms with Gasteiger partial charge in [0.1, 0.15) is 29.8 Å². The van der Waals surface area contributed by atoms with E-state index in [1.54, 1.807) is 42.7 Å². The fourth-order valence-corrected chi connectivity index (χ4v) is 4.36. The number of carbonyl (C=O) groups is 2. The Bertz CT molecular complexity index is 1080. The summed E-state index contributed by atoms with van der Waals surface area (Å²) in [6.45, 7) is 4.43. The van der Waals surface area contributed by atoms with Crippen LogP contribution in [0, 0.1) is 12.8 Å². The smallest absolute Gasteiger partial charge is 0.409 e. The Labute approximate surface area is 204 Å². The monoisotopic (exact) mass is 487 g/mol. The molecule has 2 unspecified atom stereocenters. The molecule has 1 N–H and O–H groups in total. The van der Waals surface area contributed by atoms with Crippen LogP contribution in [0.2, 0.25) is 0 Å². The number of hydrogen-bond donors (Lipinski definition) is 1. The summed E-state index contributed by atoms with van der Waals surface area (Å²) < 4.78 is 18.6. The lowest BCUT2D eigenvalue weighted by atomic mass is 9.85. The summed E-state index contributed by atoms with van der Waals surface area (Å²) >= 11 is 0. The van der Waals surface area contributed by atoms with Crippen molar-refractivity contribution in [1.29, 1.82) is 0 Å². The fraction of sp³-hybridized carbons (Fsp3) is 0.625. The lowest BCUT2D eigenvalue weighted by molar-refractivity contribution is -0.175. The second kappa shape index (κ2) is 10.2. The molecule has 2 fully saturated rings. The van der Waals surface area contributed by atoms with Gasteiger partial charge in [-0.15, -0.1) is 5.10 Å². The van der Waals surface area contributed by atoms with Crippen molar-refractivity contribution in [3.05, 3.63) is 23.5 Å². The number of aliphatic carboxylic acids is 1. The third kappa shape index (κ3) is 5.55. The summed E-state index contributed by atoms with van der Waals surface area (Å²) in [5.74, 6) is 0.136. The summed E-state index contributed by atoms with van der Waals surface area (Å²) in [6.07, 6.45) is 3.72. The van der Waals surface area contributed by atoms with Gasteiger partial charge in [0.15, 0.2) is 5.60 Å². The van der Waals surface area contributed by atoms with E-state index in [2.05, 4.69) is 15.3 Å². The molecule has 0 radical (unpaired) electrons. The van der Waals surface area contributed by atoms with E-state index in [1.807, 2.05) is 6.92 Å². The van der Waals surface area contributed by atoms with Crippen molar-refractivity contribution < 1.29 is 28.9 Å². The Hall–Kier alpha value is -3.21. The van der Waals surface area contributed by atoms with E-state index in [9.17, 15) is 14.7 Å². The molecule has 1 aliphatic heterocycles. The molecule has 2 aromatic heterocycles. The van der Waals surface area contributed by atoms with Gasteiger partial charge in [-0.2, -0.15) is 0 Å². The highest BCUT2D eigenvalue weighted by Crippen LogP contribution is 2.31. The quantitative estimate of drug-likeness (QED) is 0.597. The first kappa shape index (κ1) is 24.9. The van der Waals surface area contributed by atoms with Gasteiger partial charge in [-0.05, 0) is 44.7 Å². The van der Waals surface area contributed by atoms with Crippen LogP contribution in [0.15, 0.2) is 12.1 Å². The van der Waals surface area contributed by atoms with E-state index in [0.29, 0.717) is 54.0 Å². The predicted molar refractivity (Wildman–Crippen MR) is 125 cm³/mol. The summed E-state index contributed by atoms with van der Waals surface area (Å²) in [5.41, 5.74) is 1.13. The normalized spacial score (nSPS) is 22.3. The van der Waals surface area contributed by atoms with Crippen molar-refractivity contribution in [2.75, 3.05) is 20.2 Å². The first-order valence-corrected chi connectivity index (χ1v) is 11.9. The van der Waals surface area contributed by atoms with Crippen molar-refractivity contribution in [2.45, 2.75) is 64.3 Å². The summed E-state index contributed by atoms with van der Waals surface area (Å²) in [7, 11) is 3.50. The van der Waals surface area contributed by atoms with Crippen molar-refractivity contribution in [2.24, 2.45) is 13.0 Å². The maximum atomic E-state index is 12.4. The van der Waals surface area contributed by atoms with Gasteiger partial charge >= 0.3 is 12.1 Å². The molecule has 0 spiro atoms. The zero-order chi connectivity index (χ0) is 25.2. The van der Waals surface area contributed by atoms with Crippen LogP contribution in [-0.2, 0) is 27.9 Å². The number of ether oxygens (including phenoxy) is 3. The van der Waals surface area contributed by atoms with Crippen LogP contribution in [0.3, 0.4) is 0 Å². The fourth-order valence-electron chi connectivity index (χ4n) is 4.36. The molecule has 1 aliphatic carbocycles. The lowest BCUT2D eigenvalue weighted by Gasteiger charge is -2.35. The number of amides is 1. The Morgan fingerprint density at radius 2 is 2.09 bits per heavy atom. The Morgan fingerprint density at radius 1 is 1.31 bits per heavy atom. The number of carbonyl (C=O) groups excluding carboxylic acids is 1. The SMILES string of the molecule is Cc1nc(-c2nnn(C)c2COC(=O)N(C)CC2CCC2)ccc1OC1CCOC(C)(C(=O)O)C1. The number of carboxylic acids is 1. The van der Waals surface area contributed by atoms with Gasteiger partial charge in [-0.25, -0.2) is 19.3 Å². The number of aryl methyl sites for hydroxylation is 2.